The van der Waals surface area contributed by atoms with Crippen LogP contribution in [0.25, 0.3) is 10.9 Å². The third-order valence-electron chi connectivity index (χ3n) is 2.44. The third-order valence-corrected chi connectivity index (χ3v) is 2.74. The van der Waals surface area contributed by atoms with E-state index in [0.29, 0.717) is 5.02 Å². The first-order valence-corrected chi connectivity index (χ1v) is 5.23. The number of carbonyl (C=O) groups excluding carboxylic acids is 1. The van der Waals surface area contributed by atoms with Gasteiger partial charge in [0.15, 0.2) is 0 Å². The Morgan fingerprint density at radius 3 is 2.75 bits per heavy atom. The first kappa shape index (κ1) is 11.0. The molecule has 2 heterocycles. The molecule has 16 heavy (non-hydrogen) atoms. The zero-order valence-electron chi connectivity index (χ0n) is 9.36. The summed E-state index contributed by atoms with van der Waals surface area (Å²) in [7, 11) is 3.43. The van der Waals surface area contributed by atoms with Crippen LogP contribution in [0.1, 0.15) is 5.69 Å². The van der Waals surface area contributed by atoms with Crippen molar-refractivity contribution in [3.8, 4) is 0 Å². The molecular formula is C11H12ClN3O. The molecule has 2 aromatic heterocycles. The van der Waals surface area contributed by atoms with Crippen molar-refractivity contribution in [2.24, 2.45) is 0 Å². The van der Waals surface area contributed by atoms with E-state index >= 15 is 0 Å². The standard InChI is InChI=1S/C11H12ClN3O/c1-7-4-8-9(12)5-13-6-10(8)15(7)11(16)14(2)3/h4-6H,1-3H3. The number of aryl methyl sites for hydroxylation is 1. The molecule has 0 bridgehead atoms. The number of carbonyl (C=O) groups is 1. The highest BCUT2D eigenvalue weighted by Gasteiger charge is 2.15. The number of halogens is 1. The molecule has 0 saturated heterocycles. The van der Waals surface area contributed by atoms with E-state index in [-0.39, 0.29) is 6.03 Å². The van der Waals surface area contributed by atoms with Crippen LogP contribution in [0, 0.1) is 6.92 Å². The van der Waals surface area contributed by atoms with Gasteiger partial charge in [0.1, 0.15) is 0 Å². The van der Waals surface area contributed by atoms with E-state index < -0.39 is 0 Å². The largest absolute Gasteiger partial charge is 0.330 e. The topological polar surface area (TPSA) is 38.1 Å². The van der Waals surface area contributed by atoms with Crippen molar-refractivity contribution in [1.82, 2.24) is 14.5 Å². The number of hydrogen-bond donors (Lipinski definition) is 0. The Kier molecular flexibility index (Phi) is 2.59. The lowest BCUT2D eigenvalue weighted by atomic mass is 10.3. The first-order chi connectivity index (χ1) is 7.52. The van der Waals surface area contributed by atoms with Gasteiger partial charge >= 0.3 is 6.03 Å². The number of hydrogen-bond acceptors (Lipinski definition) is 2. The highest BCUT2D eigenvalue weighted by Crippen LogP contribution is 2.25. The van der Waals surface area contributed by atoms with Crippen molar-refractivity contribution in [2.45, 2.75) is 6.92 Å². The van der Waals surface area contributed by atoms with Crippen LogP contribution in [0.4, 0.5) is 4.79 Å². The quantitative estimate of drug-likeness (QED) is 0.706. The van der Waals surface area contributed by atoms with Crippen molar-refractivity contribution in [3.05, 3.63) is 29.2 Å². The minimum atomic E-state index is -0.100. The second kappa shape index (κ2) is 3.79. The summed E-state index contributed by atoms with van der Waals surface area (Å²) in [6.45, 7) is 1.87. The second-order valence-electron chi connectivity index (χ2n) is 3.85. The lowest BCUT2D eigenvalue weighted by molar-refractivity contribution is 0.219. The molecule has 0 aliphatic rings. The zero-order chi connectivity index (χ0) is 11.9. The summed E-state index contributed by atoms with van der Waals surface area (Å²) in [6, 6.07) is 1.79. The lowest BCUT2D eigenvalue weighted by Gasteiger charge is -2.13. The van der Waals surface area contributed by atoms with Gasteiger partial charge in [-0.25, -0.2) is 4.79 Å². The Hall–Kier alpha value is -1.55. The Balaban J connectivity index is 2.75. The molecular weight excluding hydrogens is 226 g/mol. The molecule has 0 aliphatic carbocycles. The van der Waals surface area contributed by atoms with Crippen molar-refractivity contribution in [3.63, 3.8) is 0 Å². The molecule has 0 radical (unpaired) electrons. The average molecular weight is 238 g/mol. The summed E-state index contributed by atoms with van der Waals surface area (Å²) < 4.78 is 1.61. The third kappa shape index (κ3) is 1.55. The van der Waals surface area contributed by atoms with Crippen molar-refractivity contribution < 1.29 is 4.79 Å². The summed E-state index contributed by atoms with van der Waals surface area (Å²) in [5, 5.41) is 1.41. The summed E-state index contributed by atoms with van der Waals surface area (Å²) in [5.74, 6) is 0. The minimum Gasteiger partial charge on any atom is -0.330 e. The Labute approximate surface area is 98.4 Å². The van der Waals surface area contributed by atoms with E-state index in [9.17, 15) is 4.79 Å². The average Bonchev–Trinajstić information content (AvgIpc) is 2.55. The van der Waals surface area contributed by atoms with E-state index in [1.165, 1.54) is 4.90 Å². The van der Waals surface area contributed by atoms with Gasteiger partial charge in [-0.3, -0.25) is 9.55 Å². The SMILES string of the molecule is Cc1cc2c(Cl)cncc2n1C(=O)N(C)C. The first-order valence-electron chi connectivity index (χ1n) is 4.85. The fourth-order valence-corrected chi connectivity index (χ4v) is 1.88. The molecule has 2 rings (SSSR count). The second-order valence-corrected chi connectivity index (χ2v) is 4.26. The highest BCUT2D eigenvalue weighted by atomic mass is 35.5. The number of aromatic nitrogens is 2. The molecule has 1 amide bonds. The van der Waals surface area contributed by atoms with Crippen molar-refractivity contribution in [1.29, 1.82) is 0 Å². The molecule has 0 aliphatic heterocycles. The Morgan fingerprint density at radius 1 is 1.44 bits per heavy atom. The summed E-state index contributed by atoms with van der Waals surface area (Å²) in [5.41, 5.74) is 1.59. The van der Waals surface area contributed by atoms with Gasteiger partial charge in [-0.15, -0.1) is 0 Å². The van der Waals surface area contributed by atoms with Crippen LogP contribution >= 0.6 is 11.6 Å². The monoisotopic (exact) mass is 237 g/mol. The molecule has 0 N–H and O–H groups in total. The van der Waals surface area contributed by atoms with Gasteiger partial charge in [-0.05, 0) is 13.0 Å². The predicted octanol–water partition coefficient (Wildman–Crippen LogP) is 2.53. The van der Waals surface area contributed by atoms with Crippen molar-refractivity contribution >= 4 is 28.5 Å². The Morgan fingerprint density at radius 2 is 2.12 bits per heavy atom. The maximum atomic E-state index is 12.0. The van der Waals surface area contributed by atoms with Gasteiger partial charge in [0.05, 0.1) is 16.7 Å². The molecule has 0 saturated carbocycles. The maximum Gasteiger partial charge on any atom is 0.328 e. The van der Waals surface area contributed by atoms with Gasteiger partial charge in [0.2, 0.25) is 0 Å². The normalized spacial score (nSPS) is 10.8. The zero-order valence-corrected chi connectivity index (χ0v) is 10.1. The van der Waals surface area contributed by atoms with Gasteiger partial charge in [0.25, 0.3) is 0 Å². The van der Waals surface area contributed by atoms with E-state index in [1.54, 1.807) is 31.1 Å². The highest BCUT2D eigenvalue weighted by molar-refractivity contribution is 6.35. The van der Waals surface area contributed by atoms with E-state index in [0.717, 1.165) is 16.6 Å². The van der Waals surface area contributed by atoms with Crippen LogP contribution in [-0.4, -0.2) is 34.6 Å². The molecule has 0 fully saturated rings. The molecule has 4 nitrogen and oxygen atoms in total. The molecule has 0 spiro atoms. The fourth-order valence-electron chi connectivity index (χ4n) is 1.67. The fraction of sp³-hybridized carbons (Fsp3) is 0.273. The molecule has 0 aromatic carbocycles. The van der Waals surface area contributed by atoms with Crippen LogP contribution in [0.15, 0.2) is 18.5 Å². The smallest absolute Gasteiger partial charge is 0.328 e. The minimum absolute atomic E-state index is 0.100. The number of amides is 1. The van der Waals surface area contributed by atoms with Crippen LogP contribution in [0.5, 0.6) is 0 Å². The van der Waals surface area contributed by atoms with Crippen LogP contribution in [0.2, 0.25) is 5.02 Å². The van der Waals surface area contributed by atoms with E-state index in [2.05, 4.69) is 4.98 Å². The van der Waals surface area contributed by atoms with Gasteiger partial charge < -0.3 is 4.90 Å². The van der Waals surface area contributed by atoms with Crippen LogP contribution < -0.4 is 0 Å². The number of pyridine rings is 1. The number of rotatable bonds is 0. The molecule has 2 aromatic rings. The van der Waals surface area contributed by atoms with Crippen LogP contribution in [-0.2, 0) is 0 Å². The maximum absolute atomic E-state index is 12.0. The molecule has 0 unspecified atom stereocenters. The van der Waals surface area contributed by atoms with Crippen molar-refractivity contribution in [2.75, 3.05) is 14.1 Å². The molecule has 84 valence electrons. The lowest BCUT2D eigenvalue weighted by Crippen LogP contribution is -2.27. The van der Waals surface area contributed by atoms with E-state index in [1.807, 2.05) is 13.0 Å². The van der Waals surface area contributed by atoms with E-state index in [4.69, 9.17) is 11.6 Å². The summed E-state index contributed by atoms with van der Waals surface area (Å²) in [4.78, 5) is 17.5. The number of fused-ring (bicyclic) bond motifs is 1. The van der Waals surface area contributed by atoms with Gasteiger partial charge in [-0.2, -0.15) is 0 Å². The van der Waals surface area contributed by atoms with Crippen LogP contribution in [0.3, 0.4) is 0 Å². The molecule has 0 atom stereocenters. The predicted molar refractivity (Wildman–Crippen MR) is 64.0 cm³/mol. The van der Waals surface area contributed by atoms with Gasteiger partial charge in [-0.1, -0.05) is 11.6 Å². The van der Waals surface area contributed by atoms with Gasteiger partial charge in [0, 0.05) is 31.4 Å². The molecule has 5 heteroatoms. The summed E-state index contributed by atoms with van der Waals surface area (Å²) >= 11 is 6.03. The Bertz CT molecular complexity index is 560. The number of nitrogens with zero attached hydrogens (tertiary/aromatic N) is 3. The summed E-state index contributed by atoms with van der Waals surface area (Å²) in [6.07, 6.45) is 3.23.